The van der Waals surface area contributed by atoms with Crippen molar-refractivity contribution in [1.82, 2.24) is 14.9 Å². The number of fused-ring (bicyclic) bond motifs is 1. The molecular weight excluding hydrogens is 368 g/mol. The second-order valence-corrected chi connectivity index (χ2v) is 6.85. The van der Waals surface area contributed by atoms with E-state index in [4.69, 9.17) is 4.74 Å². The minimum Gasteiger partial charge on any atom is -0.471 e. The highest BCUT2D eigenvalue weighted by Gasteiger charge is 2.32. The molecule has 4 rings (SSSR count). The monoisotopic (exact) mass is 388 g/mol. The molecule has 1 aliphatic rings. The second kappa shape index (κ2) is 7.63. The van der Waals surface area contributed by atoms with Gasteiger partial charge in [0.2, 0.25) is 6.10 Å². The number of carbonyl (C=O) groups is 2. The smallest absolute Gasteiger partial charge is 0.271 e. The summed E-state index contributed by atoms with van der Waals surface area (Å²) >= 11 is 0. The number of anilines is 1. The number of amides is 1. The highest BCUT2D eigenvalue weighted by Crippen LogP contribution is 2.42. The molecule has 2 aromatic heterocycles. The molecule has 1 aromatic carbocycles. The number of nitrogens with one attached hydrogen (secondary N) is 2. The van der Waals surface area contributed by atoms with Gasteiger partial charge >= 0.3 is 0 Å². The fourth-order valence-corrected chi connectivity index (χ4v) is 3.33. The number of aromatic nitrogens is 2. The van der Waals surface area contributed by atoms with E-state index in [1.54, 1.807) is 30.6 Å². The van der Waals surface area contributed by atoms with Gasteiger partial charge in [0.15, 0.2) is 12.0 Å². The largest absolute Gasteiger partial charge is 0.471 e. The Kier molecular flexibility index (Phi) is 4.87. The number of hydrogen-bond donors (Lipinski definition) is 2. The number of para-hydroxylation sites is 1. The van der Waals surface area contributed by atoms with Crippen LogP contribution >= 0.6 is 0 Å². The zero-order valence-corrected chi connectivity index (χ0v) is 16.0. The first-order valence-corrected chi connectivity index (χ1v) is 9.11. The molecule has 0 radical (unpaired) electrons. The van der Waals surface area contributed by atoms with E-state index < -0.39 is 6.10 Å². The fraction of sp³-hybridized carbons (Fsp3) is 0.136. The molecule has 29 heavy (non-hydrogen) atoms. The molecule has 1 unspecified atom stereocenters. The summed E-state index contributed by atoms with van der Waals surface area (Å²) in [6.07, 6.45) is 5.19. The number of pyridine rings is 1. The summed E-state index contributed by atoms with van der Waals surface area (Å²) in [7, 11) is 3.81. The third kappa shape index (κ3) is 3.50. The van der Waals surface area contributed by atoms with Crippen molar-refractivity contribution in [1.29, 1.82) is 0 Å². The number of hydrogen-bond acceptors (Lipinski definition) is 5. The molecule has 3 heterocycles. The highest BCUT2D eigenvalue weighted by molar-refractivity contribution is 6.01. The molecule has 146 valence electrons. The van der Waals surface area contributed by atoms with E-state index in [0.29, 0.717) is 22.8 Å². The summed E-state index contributed by atoms with van der Waals surface area (Å²) in [5.41, 5.74) is 3.88. The van der Waals surface area contributed by atoms with Gasteiger partial charge < -0.3 is 19.9 Å². The van der Waals surface area contributed by atoms with Crippen LogP contribution in [-0.4, -0.2) is 41.2 Å². The average Bonchev–Trinajstić information content (AvgIpc) is 3.20. The highest BCUT2D eigenvalue weighted by atomic mass is 16.5. The van der Waals surface area contributed by atoms with Crippen LogP contribution in [0.15, 0.2) is 61.1 Å². The van der Waals surface area contributed by atoms with Crippen LogP contribution in [-0.2, 0) is 4.79 Å². The SMILES string of the molecule is CN(C)/C=C(\c1cc[nH]c1C=O)c1cccc2c1OC(c1ccccn1)C(=O)N2. The zero-order chi connectivity index (χ0) is 20.4. The Morgan fingerprint density at radius 2 is 2.00 bits per heavy atom. The maximum atomic E-state index is 12.6. The Balaban J connectivity index is 1.85. The van der Waals surface area contributed by atoms with Crippen molar-refractivity contribution in [2.45, 2.75) is 6.10 Å². The van der Waals surface area contributed by atoms with Gasteiger partial charge in [0, 0.05) is 49.4 Å². The van der Waals surface area contributed by atoms with Crippen LogP contribution < -0.4 is 10.1 Å². The van der Waals surface area contributed by atoms with Crippen LogP contribution in [0, 0.1) is 0 Å². The van der Waals surface area contributed by atoms with E-state index in [9.17, 15) is 9.59 Å². The number of aldehydes is 1. The van der Waals surface area contributed by atoms with Crippen molar-refractivity contribution in [3.8, 4) is 5.75 Å². The Morgan fingerprint density at radius 3 is 2.72 bits per heavy atom. The van der Waals surface area contributed by atoms with Crippen LogP contribution in [0.5, 0.6) is 5.75 Å². The van der Waals surface area contributed by atoms with Gasteiger partial charge in [-0.15, -0.1) is 0 Å². The third-order valence-corrected chi connectivity index (χ3v) is 4.57. The van der Waals surface area contributed by atoms with Gasteiger partial charge in [-0.25, -0.2) is 0 Å². The van der Waals surface area contributed by atoms with Gasteiger partial charge in [0.05, 0.1) is 17.1 Å². The molecule has 2 N–H and O–H groups in total. The van der Waals surface area contributed by atoms with E-state index in [-0.39, 0.29) is 5.91 Å². The van der Waals surface area contributed by atoms with Crippen LogP contribution in [0.4, 0.5) is 5.69 Å². The van der Waals surface area contributed by atoms with Crippen LogP contribution in [0.3, 0.4) is 0 Å². The number of nitrogens with zero attached hydrogens (tertiary/aromatic N) is 2. The van der Waals surface area contributed by atoms with Crippen molar-refractivity contribution >= 4 is 23.5 Å². The van der Waals surface area contributed by atoms with E-state index in [1.165, 1.54) is 0 Å². The first-order chi connectivity index (χ1) is 14.1. The predicted molar refractivity (Wildman–Crippen MR) is 110 cm³/mol. The number of H-pyrrole nitrogens is 1. The van der Waals surface area contributed by atoms with Crippen molar-refractivity contribution in [2.24, 2.45) is 0 Å². The third-order valence-electron chi connectivity index (χ3n) is 4.57. The number of ether oxygens (including phenoxy) is 1. The lowest BCUT2D eigenvalue weighted by atomic mass is 9.96. The van der Waals surface area contributed by atoms with Crippen LogP contribution in [0.25, 0.3) is 5.57 Å². The van der Waals surface area contributed by atoms with E-state index in [0.717, 1.165) is 23.0 Å². The minimum atomic E-state index is -0.859. The summed E-state index contributed by atoms with van der Waals surface area (Å²) < 4.78 is 6.16. The first kappa shape index (κ1) is 18.5. The maximum Gasteiger partial charge on any atom is 0.271 e. The molecule has 0 saturated heterocycles. The summed E-state index contributed by atoms with van der Waals surface area (Å²) in [6, 6.07) is 12.7. The first-order valence-electron chi connectivity index (χ1n) is 9.11. The van der Waals surface area contributed by atoms with Gasteiger partial charge in [-0.3, -0.25) is 14.6 Å². The Hall–Kier alpha value is -3.87. The minimum absolute atomic E-state index is 0.276. The average molecular weight is 388 g/mol. The lowest BCUT2D eigenvalue weighted by Crippen LogP contribution is -2.31. The predicted octanol–water partition coefficient (Wildman–Crippen LogP) is 3.25. The van der Waals surface area contributed by atoms with Gasteiger partial charge in [-0.2, -0.15) is 0 Å². The van der Waals surface area contributed by atoms with Gasteiger partial charge in [-0.05, 0) is 24.3 Å². The van der Waals surface area contributed by atoms with Crippen molar-refractivity contribution in [2.75, 3.05) is 19.4 Å². The number of carbonyl (C=O) groups excluding carboxylic acids is 2. The quantitative estimate of drug-likeness (QED) is 0.655. The molecule has 0 fully saturated rings. The molecule has 0 bridgehead atoms. The molecule has 3 aromatic rings. The Labute approximate surface area is 168 Å². The fourth-order valence-electron chi connectivity index (χ4n) is 3.33. The Bertz CT molecular complexity index is 1090. The van der Waals surface area contributed by atoms with E-state index in [2.05, 4.69) is 15.3 Å². The Morgan fingerprint density at radius 1 is 1.14 bits per heavy atom. The molecule has 1 amide bonds. The lowest BCUT2D eigenvalue weighted by molar-refractivity contribution is -0.123. The molecule has 0 spiro atoms. The van der Waals surface area contributed by atoms with Crippen molar-refractivity contribution < 1.29 is 14.3 Å². The molecule has 1 aliphatic heterocycles. The summed E-state index contributed by atoms with van der Waals surface area (Å²) in [6.45, 7) is 0. The number of benzene rings is 1. The topological polar surface area (TPSA) is 87.3 Å². The number of aromatic amines is 1. The zero-order valence-electron chi connectivity index (χ0n) is 16.0. The maximum absolute atomic E-state index is 12.6. The van der Waals surface area contributed by atoms with Crippen LogP contribution in [0.2, 0.25) is 0 Å². The number of rotatable bonds is 5. The standard InChI is InChI=1S/C22H20N4O3/c1-26(2)12-16(14-9-11-24-19(14)13-27)15-6-5-8-18-20(15)29-21(22(28)25-18)17-7-3-4-10-23-17/h3-13,21,24H,1-2H3,(H,25,28)/b16-12+. The molecular formula is C22H20N4O3. The van der Waals surface area contributed by atoms with E-state index >= 15 is 0 Å². The lowest BCUT2D eigenvalue weighted by Gasteiger charge is -2.28. The van der Waals surface area contributed by atoms with Gasteiger partial charge in [0.25, 0.3) is 5.91 Å². The molecule has 1 atom stereocenters. The molecule has 0 aliphatic carbocycles. The summed E-state index contributed by atoms with van der Waals surface area (Å²) in [5, 5.41) is 2.91. The molecule has 7 heteroatoms. The van der Waals surface area contributed by atoms with Crippen molar-refractivity contribution in [3.05, 3.63) is 83.6 Å². The van der Waals surface area contributed by atoms with Gasteiger partial charge in [-0.1, -0.05) is 18.2 Å². The van der Waals surface area contributed by atoms with E-state index in [1.807, 2.05) is 49.5 Å². The van der Waals surface area contributed by atoms with Crippen LogP contribution in [0.1, 0.15) is 33.4 Å². The summed E-state index contributed by atoms with van der Waals surface area (Å²) in [5.74, 6) is 0.260. The van der Waals surface area contributed by atoms with Crippen molar-refractivity contribution in [3.63, 3.8) is 0 Å². The molecule has 7 nitrogen and oxygen atoms in total. The summed E-state index contributed by atoms with van der Waals surface area (Å²) in [4.78, 5) is 33.2. The molecule has 0 saturated carbocycles. The second-order valence-electron chi connectivity index (χ2n) is 6.85. The normalized spacial score (nSPS) is 15.9. The van der Waals surface area contributed by atoms with Gasteiger partial charge in [0.1, 0.15) is 0 Å².